The maximum absolute atomic E-state index is 12.5. The number of amidine groups is 1. The molecule has 0 fully saturated rings. The van der Waals surface area contributed by atoms with Crippen molar-refractivity contribution >= 4 is 17.5 Å². The molecule has 2 aromatic carbocycles. The zero-order valence-electron chi connectivity index (χ0n) is 16.6. The van der Waals surface area contributed by atoms with Crippen LogP contribution in [-0.4, -0.2) is 30.3 Å². The fraction of sp³-hybridized carbons (Fsp3) is 0.364. The number of carbonyl (C=O) groups is 1. The molecule has 0 amide bonds. The van der Waals surface area contributed by atoms with Crippen molar-refractivity contribution in [1.82, 2.24) is 4.90 Å². The summed E-state index contributed by atoms with van der Waals surface area (Å²) in [7, 11) is 2.01. The number of hydrogen-bond acceptors (Lipinski definition) is 3. The van der Waals surface area contributed by atoms with Gasteiger partial charge in [-0.3, -0.25) is 0 Å². The van der Waals surface area contributed by atoms with E-state index in [1.807, 2.05) is 71.1 Å². The van der Waals surface area contributed by atoms with Crippen LogP contribution in [0.1, 0.15) is 46.5 Å². The molecule has 2 aromatic rings. The van der Waals surface area contributed by atoms with Crippen LogP contribution in [0.25, 0.3) is 0 Å². The van der Waals surface area contributed by atoms with Gasteiger partial charge in [0.15, 0.2) is 0 Å². The monoisotopic (exact) mass is 352 g/mol. The van der Waals surface area contributed by atoms with Gasteiger partial charge in [0.05, 0.1) is 11.3 Å². The molecule has 4 heteroatoms. The number of ether oxygens (including phenoxy) is 1. The Bertz CT molecular complexity index is 825. The lowest BCUT2D eigenvalue weighted by Gasteiger charge is -2.17. The van der Waals surface area contributed by atoms with E-state index >= 15 is 0 Å². The van der Waals surface area contributed by atoms with Crippen LogP contribution in [0.3, 0.4) is 0 Å². The summed E-state index contributed by atoms with van der Waals surface area (Å²) in [6.45, 7) is 11.2. The van der Waals surface area contributed by atoms with Gasteiger partial charge in [-0.15, -0.1) is 0 Å². The van der Waals surface area contributed by atoms with E-state index in [2.05, 4.69) is 16.8 Å². The van der Waals surface area contributed by atoms with Gasteiger partial charge in [-0.1, -0.05) is 24.3 Å². The van der Waals surface area contributed by atoms with Gasteiger partial charge in [0.1, 0.15) is 12.4 Å². The molecule has 0 spiro atoms. The van der Waals surface area contributed by atoms with Crippen molar-refractivity contribution in [3.05, 3.63) is 64.2 Å². The predicted molar refractivity (Wildman–Crippen MR) is 107 cm³/mol. The first kappa shape index (κ1) is 19.7. The summed E-state index contributed by atoms with van der Waals surface area (Å²) in [5.74, 6) is 0.650. The molecule has 0 heterocycles. The molecule has 4 nitrogen and oxygen atoms in total. The molecule has 2 rings (SSSR count). The van der Waals surface area contributed by atoms with E-state index in [-0.39, 0.29) is 12.6 Å². The fourth-order valence-corrected chi connectivity index (χ4v) is 2.62. The van der Waals surface area contributed by atoms with Gasteiger partial charge in [-0.25, -0.2) is 9.79 Å². The van der Waals surface area contributed by atoms with Crippen molar-refractivity contribution in [1.29, 1.82) is 0 Å². The molecule has 0 radical (unpaired) electrons. The second kappa shape index (κ2) is 8.65. The number of aryl methyl sites for hydroxylation is 3. The quantitative estimate of drug-likeness (QED) is 0.433. The zero-order chi connectivity index (χ0) is 19.3. The smallest absolute Gasteiger partial charge is 0.338 e. The van der Waals surface area contributed by atoms with Gasteiger partial charge < -0.3 is 9.64 Å². The summed E-state index contributed by atoms with van der Waals surface area (Å²) >= 11 is 0. The Balaban J connectivity index is 2.19. The lowest BCUT2D eigenvalue weighted by Crippen LogP contribution is -2.23. The first-order chi connectivity index (χ1) is 12.3. The van der Waals surface area contributed by atoms with Crippen LogP contribution in [0, 0.1) is 20.8 Å². The molecule has 0 bridgehead atoms. The van der Waals surface area contributed by atoms with Crippen molar-refractivity contribution in [3.8, 4) is 0 Å². The van der Waals surface area contributed by atoms with Gasteiger partial charge in [-0.2, -0.15) is 0 Å². The van der Waals surface area contributed by atoms with Crippen molar-refractivity contribution in [2.45, 2.75) is 41.2 Å². The van der Waals surface area contributed by atoms with Crippen LogP contribution in [0.2, 0.25) is 0 Å². The normalized spacial score (nSPS) is 11.4. The molecule has 0 N–H and O–H groups in total. The zero-order valence-corrected chi connectivity index (χ0v) is 16.6. The molecular formula is C22H28N2O2. The maximum Gasteiger partial charge on any atom is 0.338 e. The third kappa shape index (κ3) is 4.72. The minimum Gasteiger partial charge on any atom is -0.457 e. The van der Waals surface area contributed by atoms with Crippen molar-refractivity contribution < 1.29 is 9.53 Å². The fourth-order valence-electron chi connectivity index (χ4n) is 2.62. The Labute approximate surface area is 156 Å². The van der Waals surface area contributed by atoms with E-state index in [1.54, 1.807) is 0 Å². The van der Waals surface area contributed by atoms with E-state index in [0.717, 1.165) is 40.3 Å². The first-order valence-corrected chi connectivity index (χ1v) is 8.92. The number of rotatable bonds is 5. The van der Waals surface area contributed by atoms with Gasteiger partial charge in [0.2, 0.25) is 0 Å². The minimum atomic E-state index is -0.299. The summed E-state index contributed by atoms with van der Waals surface area (Å²) in [6.07, 6.45) is 0. The lowest BCUT2D eigenvalue weighted by atomic mass is 10.0. The number of nitrogens with zero attached hydrogens (tertiary/aromatic N) is 2. The third-order valence-corrected chi connectivity index (χ3v) is 4.69. The van der Waals surface area contributed by atoms with E-state index in [4.69, 9.17) is 4.74 Å². The molecule has 0 aliphatic rings. The molecule has 0 aromatic heterocycles. The molecule has 0 unspecified atom stereocenters. The highest BCUT2D eigenvalue weighted by molar-refractivity contribution is 5.92. The summed E-state index contributed by atoms with van der Waals surface area (Å²) < 4.78 is 5.52. The summed E-state index contributed by atoms with van der Waals surface area (Å²) in [4.78, 5) is 19.3. The van der Waals surface area contributed by atoms with Crippen LogP contribution >= 0.6 is 0 Å². The van der Waals surface area contributed by atoms with Gasteiger partial charge in [0.25, 0.3) is 0 Å². The van der Waals surface area contributed by atoms with Gasteiger partial charge in [-0.05, 0) is 69.0 Å². The summed E-state index contributed by atoms with van der Waals surface area (Å²) in [5, 5.41) is 0. The van der Waals surface area contributed by atoms with Crippen molar-refractivity contribution in [3.63, 3.8) is 0 Å². The molecule has 0 aliphatic heterocycles. The Kier molecular flexibility index (Phi) is 6.56. The largest absolute Gasteiger partial charge is 0.457 e. The SMILES string of the molecule is CCN(C)C(C)=Nc1cc(C)c(C(=O)OCc2ccccc2C)cc1C. The highest BCUT2D eigenvalue weighted by atomic mass is 16.5. The Hall–Kier alpha value is -2.62. The molecule has 0 saturated carbocycles. The highest BCUT2D eigenvalue weighted by Gasteiger charge is 2.14. The second-order valence-electron chi connectivity index (χ2n) is 6.63. The average Bonchev–Trinajstić information content (AvgIpc) is 2.62. The Morgan fingerprint density at radius 2 is 1.77 bits per heavy atom. The van der Waals surface area contributed by atoms with E-state index in [9.17, 15) is 4.79 Å². The number of aliphatic imine (C=N–C) groups is 1. The van der Waals surface area contributed by atoms with E-state index in [1.165, 1.54) is 0 Å². The van der Waals surface area contributed by atoms with E-state index in [0.29, 0.717) is 5.56 Å². The van der Waals surface area contributed by atoms with Crippen LogP contribution in [0.4, 0.5) is 5.69 Å². The number of hydrogen-bond donors (Lipinski definition) is 0. The topological polar surface area (TPSA) is 41.9 Å². The molecule has 0 saturated heterocycles. The lowest BCUT2D eigenvalue weighted by molar-refractivity contribution is 0.0471. The molecule has 0 atom stereocenters. The standard InChI is InChI=1S/C22H28N2O2/c1-7-24(6)18(5)23-21-13-16(3)20(12-17(21)4)22(25)26-14-19-11-9-8-10-15(19)2/h8-13H,7,14H2,1-6H3. The Morgan fingerprint density at radius 3 is 2.42 bits per heavy atom. The van der Waals surface area contributed by atoms with Gasteiger partial charge in [0, 0.05) is 13.6 Å². The van der Waals surface area contributed by atoms with Gasteiger partial charge >= 0.3 is 5.97 Å². The maximum atomic E-state index is 12.5. The summed E-state index contributed by atoms with van der Waals surface area (Å²) in [5.41, 5.74) is 5.45. The molecule has 26 heavy (non-hydrogen) atoms. The second-order valence-corrected chi connectivity index (χ2v) is 6.63. The number of carbonyl (C=O) groups excluding carboxylic acids is 1. The molecule has 0 aliphatic carbocycles. The van der Waals surface area contributed by atoms with Crippen LogP contribution in [-0.2, 0) is 11.3 Å². The minimum absolute atomic E-state index is 0.282. The first-order valence-electron chi connectivity index (χ1n) is 8.92. The molecule has 138 valence electrons. The third-order valence-electron chi connectivity index (χ3n) is 4.69. The summed E-state index contributed by atoms with van der Waals surface area (Å²) in [6, 6.07) is 11.7. The number of esters is 1. The van der Waals surface area contributed by atoms with Crippen molar-refractivity contribution in [2.24, 2.45) is 4.99 Å². The number of benzene rings is 2. The van der Waals surface area contributed by atoms with Crippen LogP contribution < -0.4 is 0 Å². The van der Waals surface area contributed by atoms with E-state index < -0.39 is 0 Å². The van der Waals surface area contributed by atoms with Crippen molar-refractivity contribution in [2.75, 3.05) is 13.6 Å². The Morgan fingerprint density at radius 1 is 1.08 bits per heavy atom. The predicted octanol–water partition coefficient (Wildman–Crippen LogP) is 4.97. The highest BCUT2D eigenvalue weighted by Crippen LogP contribution is 2.25. The average molecular weight is 352 g/mol. The van der Waals surface area contributed by atoms with Crippen LogP contribution in [0.15, 0.2) is 41.4 Å². The van der Waals surface area contributed by atoms with Crippen LogP contribution in [0.5, 0.6) is 0 Å². The molecular weight excluding hydrogens is 324 g/mol.